The lowest BCUT2D eigenvalue weighted by Crippen LogP contribution is -2.51. The molecule has 148 valence electrons. The first-order valence-electron chi connectivity index (χ1n) is 10.4. The highest BCUT2D eigenvalue weighted by Gasteiger charge is 2.38. The highest BCUT2D eigenvalue weighted by Crippen LogP contribution is 2.38. The topological polar surface area (TPSA) is 34.5 Å². The van der Waals surface area contributed by atoms with Gasteiger partial charge in [-0.3, -0.25) is 4.90 Å². The minimum absolute atomic E-state index is 0.132. The van der Waals surface area contributed by atoms with Gasteiger partial charge in [-0.25, -0.2) is 4.79 Å². The van der Waals surface area contributed by atoms with Gasteiger partial charge < -0.3 is 9.30 Å². The van der Waals surface area contributed by atoms with Crippen LogP contribution in [0.4, 0.5) is 4.79 Å². The van der Waals surface area contributed by atoms with Crippen LogP contribution in [0.2, 0.25) is 0 Å². The lowest BCUT2D eigenvalue weighted by Gasteiger charge is -2.44. The molecule has 1 saturated heterocycles. The number of nitrogens with zero attached hydrogens (tertiary/aromatic N) is 2. The van der Waals surface area contributed by atoms with Gasteiger partial charge in [-0.15, -0.1) is 0 Å². The molecule has 1 aromatic heterocycles. The molecule has 2 atom stereocenters. The van der Waals surface area contributed by atoms with Gasteiger partial charge in [-0.05, 0) is 60.6 Å². The van der Waals surface area contributed by atoms with E-state index in [1.54, 1.807) is 0 Å². The number of ether oxygens (including phenoxy) is 1. The molecule has 0 spiro atoms. The molecule has 1 fully saturated rings. The summed E-state index contributed by atoms with van der Waals surface area (Å²) in [6.07, 6.45) is 8.33. The van der Waals surface area contributed by atoms with Crippen LogP contribution in [0.25, 0.3) is 16.5 Å². The average molecular weight is 386 g/mol. The summed E-state index contributed by atoms with van der Waals surface area (Å²) in [5.41, 5.74) is 4.90. The second kappa shape index (κ2) is 7.43. The van der Waals surface area contributed by atoms with Crippen LogP contribution in [0.3, 0.4) is 0 Å². The fourth-order valence-electron chi connectivity index (χ4n) is 4.80. The molecule has 29 heavy (non-hydrogen) atoms. The van der Waals surface area contributed by atoms with Gasteiger partial charge in [0.15, 0.2) is 0 Å². The van der Waals surface area contributed by atoms with E-state index >= 15 is 0 Å². The molecule has 5 rings (SSSR count). The summed E-state index contributed by atoms with van der Waals surface area (Å²) in [5, 5.41) is 1.26. The summed E-state index contributed by atoms with van der Waals surface area (Å²) < 4.78 is 7.81. The summed E-state index contributed by atoms with van der Waals surface area (Å²) in [4.78, 5) is 14.9. The van der Waals surface area contributed by atoms with E-state index in [0.717, 1.165) is 24.8 Å². The van der Waals surface area contributed by atoms with Crippen molar-refractivity contribution in [3.63, 3.8) is 0 Å². The molecule has 2 bridgehead atoms. The second-order valence-corrected chi connectivity index (χ2v) is 8.20. The molecule has 0 radical (unpaired) electrons. The average Bonchev–Trinajstić information content (AvgIpc) is 3.12. The van der Waals surface area contributed by atoms with Crippen LogP contribution in [0.15, 0.2) is 66.9 Å². The minimum atomic E-state index is -0.183. The molecule has 2 unspecified atom stereocenters. The number of aromatic nitrogens is 1. The van der Waals surface area contributed by atoms with Crippen molar-refractivity contribution in [2.45, 2.75) is 44.4 Å². The predicted octanol–water partition coefficient (Wildman–Crippen LogP) is 5.53. The van der Waals surface area contributed by atoms with Crippen LogP contribution in [0, 0.1) is 0 Å². The van der Waals surface area contributed by atoms with Crippen LogP contribution < -0.4 is 0 Å². The zero-order valence-corrected chi connectivity index (χ0v) is 16.8. The Balaban J connectivity index is 1.36. The first-order chi connectivity index (χ1) is 14.2. The molecular formula is C25H26N2O2. The van der Waals surface area contributed by atoms with Crippen molar-refractivity contribution in [2.75, 3.05) is 0 Å². The zero-order valence-electron chi connectivity index (χ0n) is 16.8. The quantitative estimate of drug-likeness (QED) is 0.593. The van der Waals surface area contributed by atoms with Crippen LogP contribution in [-0.2, 0) is 18.4 Å². The molecule has 4 heteroatoms. The number of hydrogen-bond acceptors (Lipinski definition) is 2. The third-order valence-electron chi connectivity index (χ3n) is 6.31. The van der Waals surface area contributed by atoms with Gasteiger partial charge in [0.2, 0.25) is 0 Å². The van der Waals surface area contributed by atoms with Crippen molar-refractivity contribution in [2.24, 2.45) is 7.05 Å². The molecule has 3 aromatic rings. The van der Waals surface area contributed by atoms with E-state index < -0.39 is 0 Å². The standard InChI is InChI=1S/C25H26N2O2/c1-26-13-12-20-14-19(10-11-24(20)26)21-15-22-8-5-9-23(16-21)27(22)25(28)29-17-18-6-3-2-4-7-18/h2-4,6-7,10-15,22-23H,5,8-9,16-17H2,1H3. The number of fused-ring (bicyclic) bond motifs is 3. The minimum Gasteiger partial charge on any atom is -0.445 e. The van der Waals surface area contributed by atoms with E-state index in [4.69, 9.17) is 4.74 Å². The van der Waals surface area contributed by atoms with E-state index in [9.17, 15) is 4.79 Å². The van der Waals surface area contributed by atoms with Gasteiger partial charge in [0.1, 0.15) is 6.61 Å². The van der Waals surface area contributed by atoms with Gasteiger partial charge in [-0.1, -0.05) is 42.5 Å². The fourth-order valence-corrected chi connectivity index (χ4v) is 4.80. The Morgan fingerprint density at radius 3 is 2.79 bits per heavy atom. The molecule has 0 aliphatic carbocycles. The number of aryl methyl sites for hydroxylation is 1. The maximum atomic E-state index is 12.9. The number of benzene rings is 2. The first kappa shape index (κ1) is 18.0. The molecule has 0 saturated carbocycles. The maximum absolute atomic E-state index is 12.9. The Bertz CT molecular complexity index is 1070. The van der Waals surface area contributed by atoms with Crippen molar-refractivity contribution in [3.8, 4) is 0 Å². The highest BCUT2D eigenvalue weighted by atomic mass is 16.6. The molecule has 2 aliphatic rings. The van der Waals surface area contributed by atoms with Crippen molar-refractivity contribution in [3.05, 3.63) is 78.0 Å². The van der Waals surface area contributed by atoms with Gasteiger partial charge in [0.25, 0.3) is 0 Å². The SMILES string of the molecule is Cn1ccc2cc(C3=CC4CCCC(C3)N4C(=O)OCc3ccccc3)ccc21. The Kier molecular flexibility index (Phi) is 4.62. The Hall–Kier alpha value is -3.01. The second-order valence-electron chi connectivity index (χ2n) is 8.20. The monoisotopic (exact) mass is 386 g/mol. The van der Waals surface area contributed by atoms with Gasteiger partial charge in [0.05, 0.1) is 6.04 Å². The third-order valence-corrected chi connectivity index (χ3v) is 6.31. The van der Waals surface area contributed by atoms with Crippen LogP contribution >= 0.6 is 0 Å². The summed E-state index contributed by atoms with van der Waals surface area (Å²) >= 11 is 0. The van der Waals surface area contributed by atoms with Crippen LogP contribution in [0.5, 0.6) is 0 Å². The normalized spacial score (nSPS) is 21.1. The van der Waals surface area contributed by atoms with Crippen LogP contribution in [-0.4, -0.2) is 27.6 Å². The first-order valence-corrected chi connectivity index (χ1v) is 10.4. The number of carbonyl (C=O) groups is 1. The fraction of sp³-hybridized carbons (Fsp3) is 0.320. The van der Waals surface area contributed by atoms with E-state index in [-0.39, 0.29) is 18.2 Å². The Morgan fingerprint density at radius 2 is 1.97 bits per heavy atom. The number of carbonyl (C=O) groups excluding carboxylic acids is 1. The Morgan fingerprint density at radius 1 is 1.10 bits per heavy atom. The van der Waals surface area contributed by atoms with E-state index in [0.29, 0.717) is 6.61 Å². The van der Waals surface area contributed by atoms with Gasteiger partial charge in [-0.2, -0.15) is 0 Å². The van der Waals surface area contributed by atoms with Crippen molar-refractivity contribution < 1.29 is 9.53 Å². The smallest absolute Gasteiger partial charge is 0.410 e. The summed E-state index contributed by atoms with van der Waals surface area (Å²) in [6.45, 7) is 0.330. The molecular weight excluding hydrogens is 360 g/mol. The highest BCUT2D eigenvalue weighted by molar-refractivity contribution is 5.85. The largest absolute Gasteiger partial charge is 0.445 e. The van der Waals surface area contributed by atoms with E-state index in [2.05, 4.69) is 48.2 Å². The summed E-state index contributed by atoms with van der Waals surface area (Å²) in [5.74, 6) is 0. The van der Waals surface area contributed by atoms with Crippen LogP contribution in [0.1, 0.15) is 36.8 Å². The van der Waals surface area contributed by atoms with E-state index in [1.807, 2.05) is 35.2 Å². The Labute approximate surface area is 171 Å². The number of rotatable bonds is 3. The summed E-state index contributed by atoms with van der Waals surface area (Å²) in [7, 11) is 2.07. The molecule has 2 aliphatic heterocycles. The lowest BCUT2D eigenvalue weighted by atomic mass is 9.83. The zero-order chi connectivity index (χ0) is 19.8. The number of hydrogen-bond donors (Lipinski definition) is 0. The molecule has 1 amide bonds. The van der Waals surface area contributed by atoms with Gasteiger partial charge in [0, 0.05) is 30.2 Å². The van der Waals surface area contributed by atoms with Crippen molar-refractivity contribution in [1.29, 1.82) is 0 Å². The lowest BCUT2D eigenvalue weighted by molar-refractivity contribution is 0.0510. The number of amides is 1. The van der Waals surface area contributed by atoms with Gasteiger partial charge >= 0.3 is 6.09 Å². The molecule has 2 aromatic carbocycles. The molecule has 4 nitrogen and oxygen atoms in total. The van der Waals surface area contributed by atoms with Crippen molar-refractivity contribution >= 4 is 22.6 Å². The predicted molar refractivity (Wildman–Crippen MR) is 115 cm³/mol. The molecule has 3 heterocycles. The third kappa shape index (κ3) is 3.44. The van der Waals surface area contributed by atoms with Crippen molar-refractivity contribution in [1.82, 2.24) is 9.47 Å². The van der Waals surface area contributed by atoms with E-state index in [1.165, 1.54) is 28.5 Å². The maximum Gasteiger partial charge on any atom is 0.410 e. The summed E-state index contributed by atoms with van der Waals surface area (Å²) in [6, 6.07) is 19.1. The molecule has 0 N–H and O–H groups in total. The number of piperidine rings is 1.